The molecule has 1 aliphatic rings. The fourth-order valence-corrected chi connectivity index (χ4v) is 2.71. The maximum absolute atomic E-state index is 6.50. The van der Waals surface area contributed by atoms with E-state index in [4.69, 9.17) is 17.3 Å². The topological polar surface area (TPSA) is 38.9 Å². The molecule has 0 radical (unpaired) electrons. The molecule has 0 amide bonds. The monoisotopic (exact) mass is 252 g/mol. The van der Waals surface area contributed by atoms with E-state index in [1.165, 1.54) is 12.8 Å². The minimum absolute atomic E-state index is 0.0828. The maximum atomic E-state index is 6.50. The number of rotatable bonds is 2. The number of nitrogens with zero attached hydrogens (tertiary/aromatic N) is 1. The summed E-state index contributed by atoms with van der Waals surface area (Å²) in [6.45, 7) is 4.65. The molecule has 3 heteroatoms. The van der Waals surface area contributed by atoms with E-state index in [1.807, 2.05) is 6.07 Å². The van der Waals surface area contributed by atoms with Crippen molar-refractivity contribution < 1.29 is 0 Å². The molecule has 1 aromatic heterocycles. The lowest BCUT2D eigenvalue weighted by Crippen LogP contribution is -2.46. The van der Waals surface area contributed by atoms with Gasteiger partial charge >= 0.3 is 0 Å². The number of halogens is 1. The number of pyridine rings is 1. The van der Waals surface area contributed by atoms with Crippen molar-refractivity contribution >= 4 is 11.6 Å². The molecule has 0 spiro atoms. The Kier molecular flexibility index (Phi) is 3.46. The van der Waals surface area contributed by atoms with Crippen LogP contribution in [0.4, 0.5) is 0 Å². The van der Waals surface area contributed by atoms with Crippen LogP contribution < -0.4 is 5.73 Å². The van der Waals surface area contributed by atoms with Crippen LogP contribution in [-0.2, 0) is 6.42 Å². The zero-order valence-corrected chi connectivity index (χ0v) is 11.4. The zero-order chi connectivity index (χ0) is 12.5. The fourth-order valence-electron chi connectivity index (χ4n) is 2.53. The third-order valence-corrected chi connectivity index (χ3v) is 4.34. The van der Waals surface area contributed by atoms with Crippen molar-refractivity contribution in [3.05, 3.63) is 29.0 Å². The van der Waals surface area contributed by atoms with Gasteiger partial charge in [-0.05, 0) is 49.1 Å². The molecule has 17 heavy (non-hydrogen) atoms. The van der Waals surface area contributed by atoms with Crippen molar-refractivity contribution in [1.82, 2.24) is 4.98 Å². The van der Waals surface area contributed by atoms with Crippen molar-refractivity contribution in [2.45, 2.75) is 51.5 Å². The number of aromatic nitrogens is 1. The summed E-state index contributed by atoms with van der Waals surface area (Å²) >= 11 is 6.14. The third kappa shape index (κ3) is 3.20. The van der Waals surface area contributed by atoms with Gasteiger partial charge in [-0.1, -0.05) is 25.4 Å². The Hall–Kier alpha value is -0.600. The van der Waals surface area contributed by atoms with Crippen molar-refractivity contribution in [2.75, 3.05) is 0 Å². The smallest absolute Gasteiger partial charge is 0.0621 e. The fraction of sp³-hybridized carbons (Fsp3) is 0.643. The number of nitrogens with two attached hydrogens (primary N) is 1. The predicted octanol–water partition coefficient (Wildman–Crippen LogP) is 3.58. The minimum Gasteiger partial charge on any atom is -0.325 e. The van der Waals surface area contributed by atoms with Crippen molar-refractivity contribution in [2.24, 2.45) is 11.1 Å². The molecule has 0 bridgehead atoms. The quantitative estimate of drug-likeness (QED) is 0.874. The van der Waals surface area contributed by atoms with Crippen LogP contribution in [0.3, 0.4) is 0 Å². The average Bonchev–Trinajstić information content (AvgIpc) is 2.27. The molecular weight excluding hydrogens is 232 g/mol. The molecule has 1 heterocycles. The van der Waals surface area contributed by atoms with Crippen LogP contribution in [0.2, 0.25) is 5.02 Å². The summed E-state index contributed by atoms with van der Waals surface area (Å²) in [5, 5.41) is 0.738. The van der Waals surface area contributed by atoms with E-state index in [1.54, 1.807) is 12.4 Å². The van der Waals surface area contributed by atoms with Gasteiger partial charge in [-0.25, -0.2) is 0 Å². The second-order valence-electron chi connectivity index (χ2n) is 6.17. The predicted molar refractivity (Wildman–Crippen MR) is 72.1 cm³/mol. The normalized spacial score (nSPS) is 22.4. The van der Waals surface area contributed by atoms with Gasteiger partial charge in [0.1, 0.15) is 0 Å². The number of hydrogen-bond donors (Lipinski definition) is 1. The van der Waals surface area contributed by atoms with Crippen LogP contribution in [0.15, 0.2) is 18.5 Å². The van der Waals surface area contributed by atoms with E-state index in [9.17, 15) is 0 Å². The van der Waals surface area contributed by atoms with Crippen LogP contribution >= 0.6 is 11.6 Å². The zero-order valence-electron chi connectivity index (χ0n) is 10.7. The molecule has 2 rings (SSSR count). The lowest BCUT2D eigenvalue weighted by atomic mass is 9.68. The van der Waals surface area contributed by atoms with Crippen LogP contribution in [0.25, 0.3) is 0 Å². The second-order valence-corrected chi connectivity index (χ2v) is 6.58. The van der Waals surface area contributed by atoms with Gasteiger partial charge in [0.05, 0.1) is 5.02 Å². The summed E-state index contributed by atoms with van der Waals surface area (Å²) in [5.41, 5.74) is 8.00. The van der Waals surface area contributed by atoms with E-state index in [0.717, 1.165) is 29.8 Å². The first-order valence-corrected chi connectivity index (χ1v) is 6.65. The van der Waals surface area contributed by atoms with Gasteiger partial charge in [0.2, 0.25) is 0 Å². The maximum Gasteiger partial charge on any atom is 0.0621 e. The van der Waals surface area contributed by atoms with Crippen LogP contribution in [-0.4, -0.2) is 10.5 Å². The van der Waals surface area contributed by atoms with Gasteiger partial charge < -0.3 is 5.73 Å². The van der Waals surface area contributed by atoms with Gasteiger partial charge in [-0.15, -0.1) is 0 Å². The highest BCUT2D eigenvalue weighted by Crippen LogP contribution is 2.40. The molecule has 1 fully saturated rings. The van der Waals surface area contributed by atoms with Crippen LogP contribution in [0.5, 0.6) is 0 Å². The first kappa shape index (κ1) is 12.8. The molecule has 0 aliphatic heterocycles. The summed E-state index contributed by atoms with van der Waals surface area (Å²) in [7, 11) is 0. The largest absolute Gasteiger partial charge is 0.325 e. The SMILES string of the molecule is CC1(C)CCC(N)(Cc2ccncc2Cl)CC1. The molecular formula is C14H21ClN2. The molecule has 0 saturated heterocycles. The van der Waals surface area contributed by atoms with Gasteiger partial charge in [-0.2, -0.15) is 0 Å². The van der Waals surface area contributed by atoms with Crippen molar-refractivity contribution in [3.63, 3.8) is 0 Å². The van der Waals surface area contributed by atoms with E-state index in [0.29, 0.717) is 5.41 Å². The highest BCUT2D eigenvalue weighted by molar-refractivity contribution is 6.31. The Morgan fingerprint density at radius 3 is 2.53 bits per heavy atom. The Morgan fingerprint density at radius 1 is 1.29 bits per heavy atom. The highest BCUT2D eigenvalue weighted by atomic mass is 35.5. The lowest BCUT2D eigenvalue weighted by molar-refractivity contribution is 0.164. The molecule has 0 atom stereocenters. The third-order valence-electron chi connectivity index (χ3n) is 4.00. The molecule has 2 nitrogen and oxygen atoms in total. The first-order valence-electron chi connectivity index (χ1n) is 6.28. The van der Waals surface area contributed by atoms with Gasteiger partial charge in [0.25, 0.3) is 0 Å². The molecule has 1 saturated carbocycles. The lowest BCUT2D eigenvalue weighted by Gasteiger charge is -2.41. The molecule has 0 unspecified atom stereocenters. The van der Waals surface area contributed by atoms with Crippen molar-refractivity contribution in [1.29, 1.82) is 0 Å². The molecule has 2 N–H and O–H groups in total. The molecule has 1 aromatic rings. The van der Waals surface area contributed by atoms with E-state index >= 15 is 0 Å². The van der Waals surface area contributed by atoms with Gasteiger partial charge in [0, 0.05) is 17.9 Å². The van der Waals surface area contributed by atoms with Gasteiger partial charge in [0.15, 0.2) is 0 Å². The summed E-state index contributed by atoms with van der Waals surface area (Å²) in [6.07, 6.45) is 8.92. The van der Waals surface area contributed by atoms with Crippen molar-refractivity contribution in [3.8, 4) is 0 Å². The first-order chi connectivity index (χ1) is 7.90. The average molecular weight is 253 g/mol. The summed E-state index contributed by atoms with van der Waals surface area (Å²) < 4.78 is 0. The second kappa shape index (κ2) is 4.58. The van der Waals surface area contributed by atoms with E-state index in [-0.39, 0.29) is 5.54 Å². The molecule has 94 valence electrons. The van der Waals surface area contributed by atoms with E-state index < -0.39 is 0 Å². The molecule has 1 aliphatic carbocycles. The summed E-state index contributed by atoms with van der Waals surface area (Å²) in [6, 6.07) is 1.98. The Bertz CT molecular complexity index is 391. The van der Waals surface area contributed by atoms with Crippen LogP contribution in [0, 0.1) is 5.41 Å². The summed E-state index contributed by atoms with van der Waals surface area (Å²) in [5.74, 6) is 0. The Morgan fingerprint density at radius 2 is 1.94 bits per heavy atom. The van der Waals surface area contributed by atoms with Crippen LogP contribution in [0.1, 0.15) is 45.1 Å². The number of hydrogen-bond acceptors (Lipinski definition) is 2. The standard InChI is InChI=1S/C14H21ClN2/c1-13(2)4-6-14(16,7-5-13)9-11-3-8-17-10-12(11)15/h3,8,10H,4-7,9,16H2,1-2H3. The molecule has 0 aromatic carbocycles. The Balaban J connectivity index is 2.07. The van der Waals surface area contributed by atoms with E-state index in [2.05, 4.69) is 18.8 Å². The summed E-state index contributed by atoms with van der Waals surface area (Å²) in [4.78, 5) is 4.01. The van der Waals surface area contributed by atoms with Gasteiger partial charge in [-0.3, -0.25) is 4.98 Å². The highest BCUT2D eigenvalue weighted by Gasteiger charge is 2.35. The Labute approximate surface area is 109 Å². The minimum atomic E-state index is -0.0828.